The lowest BCUT2D eigenvalue weighted by Gasteiger charge is -2.12. The Morgan fingerprint density at radius 2 is 2.06 bits per heavy atom. The van der Waals surface area contributed by atoms with Gasteiger partial charge in [-0.1, -0.05) is 0 Å². The summed E-state index contributed by atoms with van der Waals surface area (Å²) in [5.41, 5.74) is 5.80. The first kappa shape index (κ1) is 12.0. The lowest BCUT2D eigenvalue weighted by Crippen LogP contribution is -2.23. The summed E-state index contributed by atoms with van der Waals surface area (Å²) in [4.78, 5) is 20.6. The minimum atomic E-state index is -0.462. The van der Waals surface area contributed by atoms with E-state index in [1.165, 1.54) is 12.1 Å². The van der Waals surface area contributed by atoms with Crippen LogP contribution >= 0.6 is 0 Å². The molecular weight excluding hydrogens is 210 g/mol. The van der Waals surface area contributed by atoms with Gasteiger partial charge in [0, 0.05) is 30.3 Å². The maximum Gasteiger partial charge on any atom is 0.269 e. The first-order valence-corrected chi connectivity index (χ1v) is 4.78. The average Bonchev–Trinajstić information content (AvgIpc) is 2.16. The van der Waals surface area contributed by atoms with Crippen LogP contribution in [0, 0.1) is 10.1 Å². The van der Waals surface area contributed by atoms with Crippen LogP contribution in [0.5, 0.6) is 0 Å². The largest absolute Gasteiger partial charge is 0.382 e. The average molecular weight is 223 g/mol. The smallest absolute Gasteiger partial charge is 0.269 e. The summed E-state index contributed by atoms with van der Waals surface area (Å²) >= 11 is 0. The number of nitro groups is 1. The number of primary amides is 1. The summed E-state index contributed by atoms with van der Waals surface area (Å²) in [6.07, 6.45) is 0.219. The molecule has 0 spiro atoms. The Hall–Kier alpha value is -2.11. The van der Waals surface area contributed by atoms with Crippen molar-refractivity contribution in [1.82, 2.24) is 0 Å². The molecule has 0 aliphatic heterocycles. The van der Waals surface area contributed by atoms with Crippen LogP contribution in [-0.4, -0.2) is 16.9 Å². The number of hydrogen-bond donors (Lipinski definition) is 2. The molecule has 3 N–H and O–H groups in total. The number of nitro benzene ring substituents is 1. The molecular formula is C10H13N3O3. The number of carbonyl (C=O) groups excluding carboxylic acids is 1. The predicted octanol–water partition coefficient (Wildman–Crippen LogP) is 1.27. The third kappa shape index (κ3) is 3.56. The Kier molecular flexibility index (Phi) is 3.82. The van der Waals surface area contributed by atoms with Gasteiger partial charge >= 0.3 is 0 Å². The molecule has 0 bridgehead atoms. The number of carbonyl (C=O) groups is 1. The number of anilines is 1. The fourth-order valence-electron chi connectivity index (χ4n) is 1.32. The van der Waals surface area contributed by atoms with E-state index < -0.39 is 4.92 Å². The third-order valence-corrected chi connectivity index (χ3v) is 2.00. The zero-order chi connectivity index (χ0) is 12.1. The van der Waals surface area contributed by atoms with Gasteiger partial charge in [0.1, 0.15) is 0 Å². The van der Waals surface area contributed by atoms with E-state index in [1.807, 2.05) is 6.92 Å². The van der Waals surface area contributed by atoms with Crippen molar-refractivity contribution in [3.05, 3.63) is 34.4 Å². The van der Waals surface area contributed by atoms with Crippen LogP contribution < -0.4 is 11.1 Å². The van der Waals surface area contributed by atoms with Gasteiger partial charge in [-0.15, -0.1) is 0 Å². The number of nitrogens with two attached hydrogens (primary N) is 1. The number of non-ortho nitro benzene ring substituents is 1. The third-order valence-electron chi connectivity index (χ3n) is 2.00. The van der Waals surface area contributed by atoms with Crippen molar-refractivity contribution in [2.24, 2.45) is 5.73 Å². The molecule has 1 aromatic rings. The van der Waals surface area contributed by atoms with Gasteiger partial charge in [0.05, 0.1) is 4.92 Å². The molecule has 1 aromatic carbocycles. The Labute approximate surface area is 92.6 Å². The van der Waals surface area contributed by atoms with Crippen molar-refractivity contribution in [3.8, 4) is 0 Å². The highest BCUT2D eigenvalue weighted by molar-refractivity contribution is 5.74. The number of benzene rings is 1. The van der Waals surface area contributed by atoms with E-state index in [4.69, 9.17) is 5.73 Å². The number of nitrogens with one attached hydrogen (secondary N) is 1. The second-order valence-corrected chi connectivity index (χ2v) is 3.52. The van der Waals surface area contributed by atoms with Gasteiger partial charge in [-0.3, -0.25) is 14.9 Å². The molecule has 1 rings (SSSR count). The van der Waals surface area contributed by atoms with E-state index >= 15 is 0 Å². The van der Waals surface area contributed by atoms with Crippen LogP contribution in [-0.2, 0) is 4.79 Å². The van der Waals surface area contributed by atoms with Gasteiger partial charge < -0.3 is 11.1 Å². The summed E-state index contributed by atoms with van der Waals surface area (Å²) in [5.74, 6) is -0.387. The zero-order valence-electron chi connectivity index (χ0n) is 8.84. The summed E-state index contributed by atoms with van der Waals surface area (Å²) in [5, 5.41) is 13.4. The predicted molar refractivity (Wildman–Crippen MR) is 60.0 cm³/mol. The number of hydrogen-bond acceptors (Lipinski definition) is 4. The second kappa shape index (κ2) is 5.11. The maximum absolute atomic E-state index is 10.6. The van der Waals surface area contributed by atoms with Gasteiger partial charge in [0.2, 0.25) is 5.91 Å². The van der Waals surface area contributed by atoms with Gasteiger partial charge in [0.25, 0.3) is 5.69 Å². The molecule has 6 nitrogen and oxygen atoms in total. The highest BCUT2D eigenvalue weighted by Gasteiger charge is 2.07. The molecule has 0 aromatic heterocycles. The lowest BCUT2D eigenvalue weighted by atomic mass is 10.2. The maximum atomic E-state index is 10.6. The molecule has 0 aliphatic carbocycles. The Morgan fingerprint density at radius 3 is 2.50 bits per heavy atom. The minimum absolute atomic E-state index is 0.0353. The van der Waals surface area contributed by atoms with Crippen LogP contribution in [0.2, 0.25) is 0 Å². The topological polar surface area (TPSA) is 98.3 Å². The number of nitrogens with zero attached hydrogens (tertiary/aromatic N) is 1. The summed E-state index contributed by atoms with van der Waals surface area (Å²) in [6.45, 7) is 1.81. The Morgan fingerprint density at radius 1 is 1.50 bits per heavy atom. The van der Waals surface area contributed by atoms with Crippen LogP contribution in [0.15, 0.2) is 24.3 Å². The fraction of sp³-hybridized carbons (Fsp3) is 0.300. The van der Waals surface area contributed by atoms with Crippen molar-refractivity contribution in [3.63, 3.8) is 0 Å². The second-order valence-electron chi connectivity index (χ2n) is 3.52. The van der Waals surface area contributed by atoms with E-state index in [0.717, 1.165) is 5.69 Å². The molecule has 0 fully saturated rings. The van der Waals surface area contributed by atoms with Crippen LogP contribution in [0.1, 0.15) is 13.3 Å². The molecule has 86 valence electrons. The highest BCUT2D eigenvalue weighted by atomic mass is 16.6. The number of amides is 1. The molecule has 0 saturated heterocycles. The Balaban J connectivity index is 2.61. The molecule has 1 unspecified atom stereocenters. The monoisotopic (exact) mass is 223 g/mol. The summed E-state index contributed by atoms with van der Waals surface area (Å²) < 4.78 is 0. The van der Waals surface area contributed by atoms with Gasteiger partial charge in [-0.05, 0) is 19.1 Å². The molecule has 0 saturated carbocycles. The van der Waals surface area contributed by atoms with Gasteiger partial charge in [0.15, 0.2) is 0 Å². The van der Waals surface area contributed by atoms with E-state index in [0.29, 0.717) is 0 Å². The van der Waals surface area contributed by atoms with Crippen LogP contribution in [0.4, 0.5) is 11.4 Å². The number of rotatable bonds is 5. The molecule has 0 heterocycles. The van der Waals surface area contributed by atoms with Crippen molar-refractivity contribution in [2.75, 3.05) is 5.32 Å². The van der Waals surface area contributed by atoms with Gasteiger partial charge in [-0.2, -0.15) is 0 Å². The SMILES string of the molecule is CC(CC(N)=O)Nc1ccc([N+](=O)[O-])cc1. The van der Waals surface area contributed by atoms with E-state index in [9.17, 15) is 14.9 Å². The minimum Gasteiger partial charge on any atom is -0.382 e. The van der Waals surface area contributed by atoms with Crippen molar-refractivity contribution in [1.29, 1.82) is 0 Å². The van der Waals surface area contributed by atoms with E-state index in [2.05, 4.69) is 5.32 Å². The standard InChI is InChI=1S/C10H13N3O3/c1-7(6-10(11)14)12-8-2-4-9(5-3-8)13(15)16/h2-5,7,12H,6H2,1H3,(H2,11,14). The molecule has 0 radical (unpaired) electrons. The van der Waals surface area contributed by atoms with E-state index in [-0.39, 0.29) is 24.1 Å². The fourth-order valence-corrected chi connectivity index (χ4v) is 1.32. The first-order valence-electron chi connectivity index (χ1n) is 4.78. The quantitative estimate of drug-likeness (QED) is 0.580. The van der Waals surface area contributed by atoms with Gasteiger partial charge in [-0.25, -0.2) is 0 Å². The zero-order valence-corrected chi connectivity index (χ0v) is 8.84. The highest BCUT2D eigenvalue weighted by Crippen LogP contribution is 2.16. The molecule has 6 heteroatoms. The first-order chi connectivity index (χ1) is 7.49. The van der Waals surface area contributed by atoms with Crippen molar-refractivity contribution >= 4 is 17.3 Å². The van der Waals surface area contributed by atoms with Crippen LogP contribution in [0.3, 0.4) is 0 Å². The molecule has 0 aliphatic rings. The summed E-state index contributed by atoms with van der Waals surface area (Å²) in [6, 6.07) is 5.89. The molecule has 1 atom stereocenters. The molecule has 16 heavy (non-hydrogen) atoms. The normalized spacial score (nSPS) is 11.8. The van der Waals surface area contributed by atoms with Crippen LogP contribution in [0.25, 0.3) is 0 Å². The molecule has 1 amide bonds. The lowest BCUT2D eigenvalue weighted by molar-refractivity contribution is -0.384. The summed E-state index contributed by atoms with van der Waals surface area (Å²) in [7, 11) is 0. The van der Waals surface area contributed by atoms with Crippen molar-refractivity contribution in [2.45, 2.75) is 19.4 Å². The van der Waals surface area contributed by atoms with E-state index in [1.54, 1.807) is 12.1 Å². The Bertz CT molecular complexity index is 389. The van der Waals surface area contributed by atoms with Crippen molar-refractivity contribution < 1.29 is 9.72 Å².